The van der Waals surface area contributed by atoms with Gasteiger partial charge in [0.25, 0.3) is 0 Å². The number of carbonyl (C=O) groups is 1. The number of rotatable bonds is 9. The van der Waals surface area contributed by atoms with Gasteiger partial charge in [0.05, 0.1) is 0 Å². The number of nitrogens with zero attached hydrogens (tertiary/aromatic N) is 1. The van der Waals surface area contributed by atoms with Gasteiger partial charge in [-0.2, -0.15) is 0 Å². The van der Waals surface area contributed by atoms with Crippen LogP contribution < -0.4 is 11.1 Å². The van der Waals surface area contributed by atoms with Gasteiger partial charge in [-0.15, -0.1) is 0 Å². The minimum Gasteiger partial charge on any atom is -0.352 e. The van der Waals surface area contributed by atoms with Gasteiger partial charge in [-0.1, -0.05) is 26.7 Å². The predicted octanol–water partition coefficient (Wildman–Crippen LogP) is 2.38. The van der Waals surface area contributed by atoms with E-state index in [1.807, 2.05) is 0 Å². The summed E-state index contributed by atoms with van der Waals surface area (Å²) in [6.45, 7) is 10.9. The lowest BCUT2D eigenvalue weighted by molar-refractivity contribution is -0.122. The fourth-order valence-electron chi connectivity index (χ4n) is 3.50. The number of hydrogen-bond acceptors (Lipinski definition) is 3. The van der Waals surface area contributed by atoms with Crippen molar-refractivity contribution < 1.29 is 4.79 Å². The van der Waals surface area contributed by atoms with Gasteiger partial charge in [-0.3, -0.25) is 4.79 Å². The number of amides is 1. The minimum atomic E-state index is 0.202. The Bertz CT molecular complexity index is 286. The Hall–Kier alpha value is -0.610. The molecule has 1 amide bonds. The van der Waals surface area contributed by atoms with E-state index in [4.69, 9.17) is 5.73 Å². The zero-order valence-electron chi connectivity index (χ0n) is 14.2. The molecule has 1 aliphatic rings. The Morgan fingerprint density at radius 1 is 1.19 bits per heavy atom. The minimum absolute atomic E-state index is 0.202. The zero-order chi connectivity index (χ0) is 15.7. The summed E-state index contributed by atoms with van der Waals surface area (Å²) in [4.78, 5) is 14.4. The van der Waals surface area contributed by atoms with Crippen molar-refractivity contribution in [1.82, 2.24) is 10.2 Å². The summed E-state index contributed by atoms with van der Waals surface area (Å²) in [5, 5.41) is 3.14. The Balaban J connectivity index is 2.14. The SMILES string of the molecule is CC1CC(C)CN(CC(C)NC(=O)CCCCCCN)C1. The molecular weight excluding hydrogens is 262 g/mol. The highest BCUT2D eigenvalue weighted by molar-refractivity contribution is 5.76. The normalized spacial score (nSPS) is 24.8. The summed E-state index contributed by atoms with van der Waals surface area (Å²) in [7, 11) is 0. The first-order valence-corrected chi connectivity index (χ1v) is 8.73. The number of nitrogens with two attached hydrogens (primary N) is 1. The van der Waals surface area contributed by atoms with Crippen LogP contribution in [0.3, 0.4) is 0 Å². The molecular formula is C17H35N3O. The van der Waals surface area contributed by atoms with E-state index < -0.39 is 0 Å². The monoisotopic (exact) mass is 297 g/mol. The largest absolute Gasteiger partial charge is 0.352 e. The van der Waals surface area contributed by atoms with Crippen LogP contribution in [0, 0.1) is 11.8 Å². The van der Waals surface area contributed by atoms with Crippen LogP contribution in [-0.2, 0) is 4.79 Å². The van der Waals surface area contributed by atoms with Crippen molar-refractivity contribution >= 4 is 5.91 Å². The molecule has 1 aliphatic heterocycles. The number of unbranched alkanes of at least 4 members (excludes halogenated alkanes) is 3. The number of piperidine rings is 1. The Morgan fingerprint density at radius 2 is 1.81 bits per heavy atom. The average molecular weight is 297 g/mol. The van der Waals surface area contributed by atoms with E-state index in [0.29, 0.717) is 6.42 Å². The molecule has 4 nitrogen and oxygen atoms in total. The number of nitrogens with one attached hydrogen (secondary N) is 1. The van der Waals surface area contributed by atoms with E-state index in [2.05, 4.69) is 31.0 Å². The summed E-state index contributed by atoms with van der Waals surface area (Å²) in [6, 6.07) is 0.249. The van der Waals surface area contributed by atoms with Gasteiger partial charge in [-0.05, 0) is 44.6 Å². The highest BCUT2D eigenvalue weighted by atomic mass is 16.1. The molecule has 3 atom stereocenters. The van der Waals surface area contributed by atoms with Gasteiger partial charge in [0.15, 0.2) is 0 Å². The molecule has 0 radical (unpaired) electrons. The van der Waals surface area contributed by atoms with E-state index in [9.17, 15) is 4.79 Å². The van der Waals surface area contributed by atoms with Crippen LogP contribution in [0.25, 0.3) is 0 Å². The second-order valence-corrected chi connectivity index (χ2v) is 7.09. The highest BCUT2D eigenvalue weighted by Gasteiger charge is 2.23. The summed E-state index contributed by atoms with van der Waals surface area (Å²) in [6.07, 6.45) is 6.30. The van der Waals surface area contributed by atoms with Crippen molar-refractivity contribution in [3.63, 3.8) is 0 Å². The third-order valence-electron chi connectivity index (χ3n) is 4.24. The van der Waals surface area contributed by atoms with Crippen molar-refractivity contribution in [2.45, 2.75) is 65.3 Å². The van der Waals surface area contributed by atoms with Crippen LogP contribution >= 0.6 is 0 Å². The predicted molar refractivity (Wildman–Crippen MR) is 89.1 cm³/mol. The molecule has 124 valence electrons. The van der Waals surface area contributed by atoms with E-state index in [1.54, 1.807) is 0 Å². The van der Waals surface area contributed by atoms with E-state index in [-0.39, 0.29) is 11.9 Å². The third kappa shape index (κ3) is 8.42. The van der Waals surface area contributed by atoms with E-state index in [0.717, 1.165) is 50.6 Å². The molecule has 3 unspecified atom stereocenters. The lowest BCUT2D eigenvalue weighted by Crippen LogP contribution is -2.46. The molecule has 0 aromatic carbocycles. The molecule has 4 heteroatoms. The van der Waals surface area contributed by atoms with Crippen molar-refractivity contribution in [3.05, 3.63) is 0 Å². The fraction of sp³-hybridized carbons (Fsp3) is 0.941. The van der Waals surface area contributed by atoms with Gasteiger partial charge in [0.2, 0.25) is 5.91 Å². The summed E-state index contributed by atoms with van der Waals surface area (Å²) in [5.74, 6) is 1.76. The second-order valence-electron chi connectivity index (χ2n) is 7.09. The lowest BCUT2D eigenvalue weighted by atomic mass is 9.92. The molecule has 1 saturated heterocycles. The van der Waals surface area contributed by atoms with Gasteiger partial charge in [0.1, 0.15) is 0 Å². The van der Waals surface area contributed by atoms with Crippen LogP contribution in [0.1, 0.15) is 59.3 Å². The lowest BCUT2D eigenvalue weighted by Gasteiger charge is -2.36. The Morgan fingerprint density at radius 3 is 2.43 bits per heavy atom. The molecule has 0 aromatic rings. The standard InChI is InChI=1S/C17H35N3O/c1-14-10-15(2)12-20(11-14)13-16(3)19-17(21)8-6-4-5-7-9-18/h14-16H,4-13,18H2,1-3H3,(H,19,21). The Labute approximate surface area is 130 Å². The van der Waals surface area contributed by atoms with Crippen LogP contribution in [-0.4, -0.2) is 43.0 Å². The maximum atomic E-state index is 11.9. The molecule has 0 spiro atoms. The van der Waals surface area contributed by atoms with E-state index in [1.165, 1.54) is 19.5 Å². The number of carbonyl (C=O) groups excluding carboxylic acids is 1. The van der Waals surface area contributed by atoms with Crippen LogP contribution in [0.2, 0.25) is 0 Å². The quantitative estimate of drug-likeness (QED) is 0.642. The highest BCUT2D eigenvalue weighted by Crippen LogP contribution is 2.20. The molecule has 0 aliphatic carbocycles. The molecule has 1 rings (SSSR count). The number of likely N-dealkylation sites (tertiary alicyclic amines) is 1. The average Bonchev–Trinajstić information content (AvgIpc) is 2.36. The van der Waals surface area contributed by atoms with Gasteiger partial charge >= 0.3 is 0 Å². The van der Waals surface area contributed by atoms with Crippen LogP contribution in [0.4, 0.5) is 0 Å². The van der Waals surface area contributed by atoms with Crippen molar-refractivity contribution in [2.24, 2.45) is 17.6 Å². The molecule has 0 saturated carbocycles. The van der Waals surface area contributed by atoms with Gasteiger partial charge in [0, 0.05) is 32.1 Å². The van der Waals surface area contributed by atoms with Crippen LogP contribution in [0.15, 0.2) is 0 Å². The molecule has 0 aromatic heterocycles. The zero-order valence-corrected chi connectivity index (χ0v) is 14.2. The summed E-state index contributed by atoms with van der Waals surface area (Å²) < 4.78 is 0. The summed E-state index contributed by atoms with van der Waals surface area (Å²) >= 11 is 0. The van der Waals surface area contributed by atoms with Crippen molar-refractivity contribution in [2.75, 3.05) is 26.2 Å². The van der Waals surface area contributed by atoms with Crippen molar-refractivity contribution in [1.29, 1.82) is 0 Å². The van der Waals surface area contributed by atoms with Crippen molar-refractivity contribution in [3.8, 4) is 0 Å². The fourth-order valence-corrected chi connectivity index (χ4v) is 3.50. The van der Waals surface area contributed by atoms with Crippen LogP contribution in [0.5, 0.6) is 0 Å². The maximum Gasteiger partial charge on any atom is 0.220 e. The third-order valence-corrected chi connectivity index (χ3v) is 4.24. The molecule has 0 bridgehead atoms. The first-order chi connectivity index (χ1) is 10.0. The molecule has 3 N–H and O–H groups in total. The first kappa shape index (κ1) is 18.4. The molecule has 21 heavy (non-hydrogen) atoms. The van der Waals surface area contributed by atoms with E-state index >= 15 is 0 Å². The van der Waals surface area contributed by atoms with Gasteiger partial charge < -0.3 is 16.0 Å². The second kappa shape index (κ2) is 10.2. The maximum absolute atomic E-state index is 11.9. The smallest absolute Gasteiger partial charge is 0.220 e. The summed E-state index contributed by atoms with van der Waals surface area (Å²) in [5.41, 5.74) is 5.46. The molecule has 1 fully saturated rings. The first-order valence-electron chi connectivity index (χ1n) is 8.73. The number of hydrogen-bond donors (Lipinski definition) is 2. The Kier molecular flexibility index (Phi) is 8.93. The van der Waals surface area contributed by atoms with Gasteiger partial charge in [-0.25, -0.2) is 0 Å². The molecule has 1 heterocycles. The topological polar surface area (TPSA) is 58.4 Å².